The standard InChI is InChI=1S/C23H37N5O3/c1-17(2)13-28-10-11-31-20(15-28)12-24-22(29)16-27-9-5-7-19(14-27)23(30)26-21-8-4-6-18(3)25-21/h4,6,8,17,19-20H,5,7,9-16H2,1-3H3,(H,24,29)(H,25,26,30). The number of hydrogen-bond acceptors (Lipinski definition) is 6. The van der Waals surface area contributed by atoms with Crippen molar-refractivity contribution in [2.45, 2.75) is 39.7 Å². The number of piperidine rings is 1. The number of amides is 2. The van der Waals surface area contributed by atoms with Gasteiger partial charge in [0.1, 0.15) is 5.82 Å². The lowest BCUT2D eigenvalue weighted by molar-refractivity contribution is -0.126. The van der Waals surface area contributed by atoms with Crippen LogP contribution < -0.4 is 10.6 Å². The second kappa shape index (κ2) is 11.5. The fraction of sp³-hybridized carbons (Fsp3) is 0.696. The van der Waals surface area contributed by atoms with Crippen LogP contribution in [0.1, 0.15) is 32.4 Å². The van der Waals surface area contributed by atoms with Crippen LogP contribution in [0.25, 0.3) is 0 Å². The molecular formula is C23H37N5O3. The number of carbonyl (C=O) groups excluding carboxylic acids is 2. The third-order valence-corrected chi connectivity index (χ3v) is 5.76. The molecular weight excluding hydrogens is 394 g/mol. The minimum absolute atomic E-state index is 0.00834. The Morgan fingerprint density at radius 3 is 2.84 bits per heavy atom. The van der Waals surface area contributed by atoms with Gasteiger partial charge in [-0.25, -0.2) is 4.98 Å². The van der Waals surface area contributed by atoms with Gasteiger partial charge in [0, 0.05) is 38.4 Å². The Hall–Kier alpha value is -2.03. The Morgan fingerprint density at radius 2 is 2.06 bits per heavy atom. The van der Waals surface area contributed by atoms with Gasteiger partial charge in [0.2, 0.25) is 11.8 Å². The third kappa shape index (κ3) is 7.87. The molecule has 0 bridgehead atoms. The van der Waals surface area contributed by atoms with Crippen LogP contribution >= 0.6 is 0 Å². The SMILES string of the molecule is Cc1cccc(NC(=O)C2CCCN(CC(=O)NCC3CN(CC(C)C)CCO3)C2)n1. The predicted octanol–water partition coefficient (Wildman–Crippen LogP) is 1.51. The number of likely N-dealkylation sites (tertiary alicyclic amines) is 1. The van der Waals surface area contributed by atoms with Crippen LogP contribution in [0.2, 0.25) is 0 Å². The number of nitrogens with zero attached hydrogens (tertiary/aromatic N) is 3. The van der Waals surface area contributed by atoms with Crippen LogP contribution in [0.3, 0.4) is 0 Å². The molecule has 31 heavy (non-hydrogen) atoms. The number of aromatic nitrogens is 1. The first-order chi connectivity index (χ1) is 14.9. The Bertz CT molecular complexity index is 742. The molecule has 8 heteroatoms. The van der Waals surface area contributed by atoms with E-state index in [1.54, 1.807) is 6.07 Å². The van der Waals surface area contributed by atoms with Crippen molar-refractivity contribution in [2.75, 3.05) is 57.7 Å². The van der Waals surface area contributed by atoms with Gasteiger partial charge in [-0.3, -0.25) is 19.4 Å². The molecule has 2 atom stereocenters. The summed E-state index contributed by atoms with van der Waals surface area (Å²) >= 11 is 0. The summed E-state index contributed by atoms with van der Waals surface area (Å²) in [4.78, 5) is 33.9. The minimum Gasteiger partial charge on any atom is -0.374 e. The predicted molar refractivity (Wildman–Crippen MR) is 121 cm³/mol. The van der Waals surface area contributed by atoms with Gasteiger partial charge in [-0.05, 0) is 44.4 Å². The van der Waals surface area contributed by atoms with E-state index in [-0.39, 0.29) is 23.8 Å². The highest BCUT2D eigenvalue weighted by Crippen LogP contribution is 2.18. The van der Waals surface area contributed by atoms with Gasteiger partial charge in [-0.2, -0.15) is 0 Å². The van der Waals surface area contributed by atoms with Crippen LogP contribution in [0.5, 0.6) is 0 Å². The molecule has 0 aliphatic carbocycles. The first-order valence-electron chi connectivity index (χ1n) is 11.5. The number of nitrogens with one attached hydrogen (secondary N) is 2. The van der Waals surface area contributed by atoms with Gasteiger partial charge in [0.05, 0.1) is 25.2 Å². The summed E-state index contributed by atoms with van der Waals surface area (Å²) in [5.74, 6) is 1.04. The highest BCUT2D eigenvalue weighted by molar-refractivity contribution is 5.92. The van der Waals surface area contributed by atoms with E-state index in [4.69, 9.17) is 4.74 Å². The maximum Gasteiger partial charge on any atom is 0.234 e. The monoisotopic (exact) mass is 431 g/mol. The molecule has 2 fully saturated rings. The summed E-state index contributed by atoms with van der Waals surface area (Å²) in [7, 11) is 0. The van der Waals surface area contributed by atoms with Crippen molar-refractivity contribution in [1.29, 1.82) is 0 Å². The van der Waals surface area contributed by atoms with E-state index in [9.17, 15) is 9.59 Å². The number of ether oxygens (including phenoxy) is 1. The molecule has 2 unspecified atom stereocenters. The van der Waals surface area contributed by atoms with Crippen LogP contribution in [-0.2, 0) is 14.3 Å². The van der Waals surface area contributed by atoms with Crippen LogP contribution in [0.15, 0.2) is 18.2 Å². The molecule has 0 aromatic carbocycles. The summed E-state index contributed by atoms with van der Waals surface area (Å²) in [5, 5.41) is 5.93. The Balaban J connectivity index is 1.40. The zero-order valence-electron chi connectivity index (χ0n) is 19.1. The van der Waals surface area contributed by atoms with E-state index in [2.05, 4.69) is 39.3 Å². The Morgan fingerprint density at radius 1 is 1.23 bits per heavy atom. The summed E-state index contributed by atoms with van der Waals surface area (Å²) in [6.07, 6.45) is 1.78. The molecule has 2 N–H and O–H groups in total. The normalized spacial score (nSPS) is 23.0. The average molecular weight is 432 g/mol. The Labute approximate surface area is 185 Å². The van der Waals surface area contributed by atoms with E-state index in [1.807, 2.05) is 19.1 Å². The topological polar surface area (TPSA) is 86.8 Å². The maximum atomic E-state index is 12.6. The number of aryl methyl sites for hydroxylation is 1. The van der Waals surface area contributed by atoms with Gasteiger partial charge < -0.3 is 15.4 Å². The molecule has 172 valence electrons. The molecule has 1 aromatic rings. The van der Waals surface area contributed by atoms with Crippen molar-refractivity contribution in [3.05, 3.63) is 23.9 Å². The summed E-state index contributed by atoms with van der Waals surface area (Å²) in [5.41, 5.74) is 0.869. The van der Waals surface area contributed by atoms with Gasteiger partial charge in [-0.15, -0.1) is 0 Å². The molecule has 1 aromatic heterocycles. The van der Waals surface area contributed by atoms with E-state index in [1.165, 1.54) is 0 Å². The highest BCUT2D eigenvalue weighted by atomic mass is 16.5. The van der Waals surface area contributed by atoms with Crippen molar-refractivity contribution in [2.24, 2.45) is 11.8 Å². The van der Waals surface area contributed by atoms with Gasteiger partial charge in [0.25, 0.3) is 0 Å². The number of rotatable bonds is 8. The number of anilines is 1. The van der Waals surface area contributed by atoms with Crippen molar-refractivity contribution in [1.82, 2.24) is 20.1 Å². The van der Waals surface area contributed by atoms with Crippen molar-refractivity contribution < 1.29 is 14.3 Å². The number of pyridine rings is 1. The molecule has 2 aliphatic rings. The molecule has 8 nitrogen and oxygen atoms in total. The lowest BCUT2D eigenvalue weighted by atomic mass is 9.97. The zero-order chi connectivity index (χ0) is 22.2. The molecule has 3 rings (SSSR count). The van der Waals surface area contributed by atoms with Gasteiger partial charge >= 0.3 is 0 Å². The van der Waals surface area contributed by atoms with Gasteiger partial charge in [0.15, 0.2) is 0 Å². The average Bonchev–Trinajstić information content (AvgIpc) is 2.72. The molecule has 0 radical (unpaired) electrons. The zero-order valence-corrected chi connectivity index (χ0v) is 19.1. The number of hydrogen-bond donors (Lipinski definition) is 2. The molecule has 0 saturated carbocycles. The molecule has 3 heterocycles. The maximum absolute atomic E-state index is 12.6. The first kappa shape index (κ1) is 23.6. The highest BCUT2D eigenvalue weighted by Gasteiger charge is 2.27. The van der Waals surface area contributed by atoms with E-state index in [0.29, 0.717) is 38.0 Å². The smallest absolute Gasteiger partial charge is 0.234 e. The van der Waals surface area contributed by atoms with E-state index >= 15 is 0 Å². The second-order valence-electron chi connectivity index (χ2n) is 9.18. The third-order valence-electron chi connectivity index (χ3n) is 5.76. The largest absolute Gasteiger partial charge is 0.374 e. The molecule has 0 spiro atoms. The van der Waals surface area contributed by atoms with E-state index < -0.39 is 0 Å². The lowest BCUT2D eigenvalue weighted by Crippen LogP contribution is -2.50. The molecule has 2 amide bonds. The number of morpholine rings is 1. The first-order valence-corrected chi connectivity index (χ1v) is 11.5. The fourth-order valence-corrected chi connectivity index (χ4v) is 4.33. The summed E-state index contributed by atoms with van der Waals surface area (Å²) in [6, 6.07) is 5.58. The molecule has 2 saturated heterocycles. The second-order valence-corrected chi connectivity index (χ2v) is 9.18. The van der Waals surface area contributed by atoms with Crippen LogP contribution in [0, 0.1) is 18.8 Å². The fourth-order valence-electron chi connectivity index (χ4n) is 4.33. The summed E-state index contributed by atoms with van der Waals surface area (Å²) < 4.78 is 5.81. The minimum atomic E-state index is -0.130. The van der Waals surface area contributed by atoms with Gasteiger partial charge in [-0.1, -0.05) is 19.9 Å². The van der Waals surface area contributed by atoms with Crippen molar-refractivity contribution >= 4 is 17.6 Å². The quantitative estimate of drug-likeness (QED) is 0.649. The van der Waals surface area contributed by atoms with Crippen molar-refractivity contribution in [3.63, 3.8) is 0 Å². The number of carbonyl (C=O) groups is 2. The van der Waals surface area contributed by atoms with Crippen LogP contribution in [-0.4, -0.2) is 85.1 Å². The van der Waals surface area contributed by atoms with E-state index in [0.717, 1.165) is 44.7 Å². The lowest BCUT2D eigenvalue weighted by Gasteiger charge is -2.34. The van der Waals surface area contributed by atoms with Crippen LogP contribution in [0.4, 0.5) is 5.82 Å². The van der Waals surface area contributed by atoms with Crippen molar-refractivity contribution in [3.8, 4) is 0 Å². The Kier molecular flexibility index (Phi) is 8.80. The summed E-state index contributed by atoms with van der Waals surface area (Å²) in [6.45, 7) is 12.2. The molecule has 2 aliphatic heterocycles.